The third kappa shape index (κ3) is 1.66. The third-order valence-electron chi connectivity index (χ3n) is 3.98. The lowest BCUT2D eigenvalue weighted by atomic mass is 9.78. The fraction of sp³-hybridized carbons (Fsp3) is 0.500. The maximum atomic E-state index is 6.36. The van der Waals surface area contributed by atoms with E-state index in [1.165, 1.54) is 19.3 Å². The molecule has 1 atom stereocenters. The van der Waals surface area contributed by atoms with Crippen molar-refractivity contribution in [3.8, 4) is 0 Å². The van der Waals surface area contributed by atoms with E-state index in [1.807, 2.05) is 25.1 Å². The molecule has 3 rings (SSSR count). The summed E-state index contributed by atoms with van der Waals surface area (Å²) in [6.45, 7) is 4.24. The summed E-state index contributed by atoms with van der Waals surface area (Å²) in [6, 6.07) is 5.86. The van der Waals surface area contributed by atoms with Gasteiger partial charge in [0, 0.05) is 5.54 Å². The second-order valence-corrected chi connectivity index (χ2v) is 6.44. The Hall–Kier alpha value is -0.730. The van der Waals surface area contributed by atoms with Crippen LogP contribution in [0.25, 0.3) is 11.0 Å². The quantitative estimate of drug-likeness (QED) is 0.717. The van der Waals surface area contributed by atoms with Crippen LogP contribution >= 0.6 is 23.2 Å². The first-order valence-corrected chi connectivity index (χ1v) is 7.16. The molecule has 96 valence electrons. The molecule has 0 N–H and O–H groups in total. The van der Waals surface area contributed by atoms with Gasteiger partial charge < -0.3 is 4.57 Å². The number of nitrogens with zero attached hydrogens (tertiary/aromatic N) is 2. The van der Waals surface area contributed by atoms with E-state index in [4.69, 9.17) is 23.2 Å². The summed E-state index contributed by atoms with van der Waals surface area (Å²) in [5, 5.41) is 0.655. The van der Waals surface area contributed by atoms with Gasteiger partial charge in [-0.1, -0.05) is 17.7 Å². The van der Waals surface area contributed by atoms with Gasteiger partial charge in [0.2, 0.25) is 0 Å². The largest absolute Gasteiger partial charge is 0.320 e. The number of benzene rings is 1. The minimum Gasteiger partial charge on any atom is -0.320 e. The maximum Gasteiger partial charge on any atom is 0.128 e. The van der Waals surface area contributed by atoms with Gasteiger partial charge in [-0.3, -0.25) is 0 Å². The fourth-order valence-electron chi connectivity index (χ4n) is 2.83. The number of alkyl halides is 1. The SMILES string of the molecule is CC(Cl)c1nc2cccc(Cl)c2n1C1(C)CCC1. The Balaban J connectivity index is 2.34. The van der Waals surface area contributed by atoms with Crippen LogP contribution in [0.3, 0.4) is 0 Å². The normalized spacial score (nSPS) is 19.8. The van der Waals surface area contributed by atoms with E-state index >= 15 is 0 Å². The Kier molecular flexibility index (Phi) is 2.83. The van der Waals surface area contributed by atoms with E-state index in [0.29, 0.717) is 0 Å². The zero-order chi connectivity index (χ0) is 12.9. The summed E-state index contributed by atoms with van der Waals surface area (Å²) in [6.07, 6.45) is 3.59. The van der Waals surface area contributed by atoms with Crippen LogP contribution in [0, 0.1) is 0 Å². The Morgan fingerprint density at radius 2 is 2.11 bits per heavy atom. The van der Waals surface area contributed by atoms with Gasteiger partial charge in [-0.2, -0.15) is 0 Å². The molecule has 1 aromatic carbocycles. The molecular formula is C14H16Cl2N2. The molecule has 18 heavy (non-hydrogen) atoms. The topological polar surface area (TPSA) is 17.8 Å². The standard InChI is InChI=1S/C14H16Cl2N2/c1-9(15)13-17-11-6-3-5-10(16)12(11)18(13)14(2)7-4-8-14/h3,5-6,9H,4,7-8H2,1-2H3. The predicted molar refractivity (Wildman–Crippen MR) is 76.5 cm³/mol. The van der Waals surface area contributed by atoms with Crippen LogP contribution in [0.5, 0.6) is 0 Å². The number of hydrogen-bond donors (Lipinski definition) is 0. The summed E-state index contributed by atoms with van der Waals surface area (Å²) in [4.78, 5) is 4.67. The summed E-state index contributed by atoms with van der Waals surface area (Å²) in [7, 11) is 0. The Morgan fingerprint density at radius 3 is 2.67 bits per heavy atom. The first-order valence-electron chi connectivity index (χ1n) is 6.34. The predicted octanol–water partition coefficient (Wildman–Crippen LogP) is 4.89. The Bertz CT molecular complexity index is 597. The van der Waals surface area contributed by atoms with E-state index in [9.17, 15) is 0 Å². The van der Waals surface area contributed by atoms with Crippen molar-refractivity contribution in [1.29, 1.82) is 0 Å². The van der Waals surface area contributed by atoms with Crippen LogP contribution in [0.15, 0.2) is 18.2 Å². The van der Waals surface area contributed by atoms with Crippen molar-refractivity contribution in [3.05, 3.63) is 29.0 Å². The molecule has 0 bridgehead atoms. The zero-order valence-corrected chi connectivity index (χ0v) is 12.1. The molecule has 2 nitrogen and oxygen atoms in total. The highest BCUT2D eigenvalue weighted by Gasteiger charge is 2.37. The van der Waals surface area contributed by atoms with Crippen LogP contribution in [0.1, 0.15) is 44.3 Å². The summed E-state index contributed by atoms with van der Waals surface area (Å²) < 4.78 is 2.27. The van der Waals surface area contributed by atoms with Crippen LogP contribution in [0.4, 0.5) is 0 Å². The highest BCUT2D eigenvalue weighted by molar-refractivity contribution is 6.35. The molecule has 1 unspecified atom stereocenters. The second kappa shape index (κ2) is 4.14. The molecule has 1 aliphatic carbocycles. The average molecular weight is 283 g/mol. The van der Waals surface area contributed by atoms with Crippen molar-refractivity contribution in [2.75, 3.05) is 0 Å². The molecule has 0 saturated heterocycles. The lowest BCUT2D eigenvalue weighted by Gasteiger charge is -2.41. The summed E-state index contributed by atoms with van der Waals surface area (Å²) in [5.41, 5.74) is 2.10. The van der Waals surface area contributed by atoms with Gasteiger partial charge in [0.25, 0.3) is 0 Å². The molecule has 4 heteroatoms. The van der Waals surface area contributed by atoms with Crippen LogP contribution < -0.4 is 0 Å². The van der Waals surface area contributed by atoms with Gasteiger partial charge in [0.1, 0.15) is 5.82 Å². The van der Waals surface area contributed by atoms with Crippen molar-refractivity contribution < 1.29 is 0 Å². The molecule has 1 aromatic heterocycles. The number of fused-ring (bicyclic) bond motifs is 1. The minimum absolute atomic E-state index is 0.106. The van der Waals surface area contributed by atoms with Crippen molar-refractivity contribution in [1.82, 2.24) is 9.55 Å². The highest BCUT2D eigenvalue weighted by Crippen LogP contribution is 2.44. The highest BCUT2D eigenvalue weighted by atomic mass is 35.5. The average Bonchev–Trinajstić information content (AvgIpc) is 2.67. The van der Waals surface area contributed by atoms with Crippen LogP contribution in [-0.4, -0.2) is 9.55 Å². The van der Waals surface area contributed by atoms with Crippen molar-refractivity contribution in [2.45, 2.75) is 44.0 Å². The van der Waals surface area contributed by atoms with Crippen LogP contribution in [-0.2, 0) is 5.54 Å². The number of aromatic nitrogens is 2. The van der Waals surface area contributed by atoms with E-state index in [2.05, 4.69) is 16.5 Å². The second-order valence-electron chi connectivity index (χ2n) is 5.38. The third-order valence-corrected chi connectivity index (χ3v) is 4.48. The smallest absolute Gasteiger partial charge is 0.128 e. The lowest BCUT2D eigenvalue weighted by molar-refractivity contribution is 0.169. The summed E-state index contributed by atoms with van der Waals surface area (Å²) in [5.74, 6) is 0.932. The van der Waals surface area contributed by atoms with Crippen LogP contribution in [0.2, 0.25) is 5.02 Å². The molecule has 1 fully saturated rings. The van der Waals surface area contributed by atoms with E-state index in [-0.39, 0.29) is 10.9 Å². The molecule has 1 heterocycles. The molecular weight excluding hydrogens is 267 g/mol. The van der Waals surface area contributed by atoms with Gasteiger partial charge in [0.05, 0.1) is 21.4 Å². The summed E-state index contributed by atoms with van der Waals surface area (Å²) >= 11 is 12.7. The number of halogens is 2. The molecule has 0 radical (unpaired) electrons. The van der Waals surface area contributed by atoms with Gasteiger partial charge in [0.15, 0.2) is 0 Å². The van der Waals surface area contributed by atoms with E-state index in [0.717, 1.165) is 21.9 Å². The van der Waals surface area contributed by atoms with Crippen molar-refractivity contribution in [3.63, 3.8) is 0 Å². The monoisotopic (exact) mass is 282 g/mol. The number of para-hydroxylation sites is 1. The van der Waals surface area contributed by atoms with Crippen molar-refractivity contribution >= 4 is 34.2 Å². The first-order chi connectivity index (χ1) is 8.53. The van der Waals surface area contributed by atoms with Gasteiger partial charge in [-0.25, -0.2) is 4.98 Å². The Labute approximate surface area is 117 Å². The minimum atomic E-state index is -0.106. The first kappa shape index (κ1) is 12.3. The van der Waals surface area contributed by atoms with Crippen molar-refractivity contribution in [2.24, 2.45) is 0 Å². The number of hydrogen-bond acceptors (Lipinski definition) is 1. The molecule has 1 aliphatic rings. The van der Waals surface area contributed by atoms with Gasteiger partial charge in [-0.15, -0.1) is 11.6 Å². The number of imidazole rings is 1. The molecule has 2 aromatic rings. The zero-order valence-electron chi connectivity index (χ0n) is 10.6. The molecule has 0 spiro atoms. The van der Waals surface area contributed by atoms with Gasteiger partial charge in [-0.05, 0) is 45.2 Å². The number of rotatable bonds is 2. The lowest BCUT2D eigenvalue weighted by Crippen LogP contribution is -2.38. The van der Waals surface area contributed by atoms with Gasteiger partial charge >= 0.3 is 0 Å². The molecule has 1 saturated carbocycles. The van der Waals surface area contributed by atoms with E-state index in [1.54, 1.807) is 0 Å². The Morgan fingerprint density at radius 1 is 1.39 bits per heavy atom. The maximum absolute atomic E-state index is 6.36. The van der Waals surface area contributed by atoms with E-state index < -0.39 is 0 Å². The fourth-order valence-corrected chi connectivity index (χ4v) is 3.23. The molecule has 0 aliphatic heterocycles. The molecule has 0 amide bonds.